The van der Waals surface area contributed by atoms with Gasteiger partial charge in [-0.15, -0.1) is 0 Å². The van der Waals surface area contributed by atoms with Crippen molar-refractivity contribution in [2.24, 2.45) is 0 Å². The molecule has 1 fully saturated rings. The summed E-state index contributed by atoms with van der Waals surface area (Å²) in [5.74, 6) is 0. The monoisotopic (exact) mass is 237 g/mol. The number of hydrogen-bond donors (Lipinski definition) is 0. The first kappa shape index (κ1) is 11.8. The Morgan fingerprint density at radius 1 is 1.25 bits per heavy atom. The summed E-state index contributed by atoms with van der Waals surface area (Å²) in [6.07, 6.45) is 5.74. The van der Waals surface area contributed by atoms with Crippen LogP contribution in [0.5, 0.6) is 0 Å². The van der Waals surface area contributed by atoms with E-state index < -0.39 is 10.8 Å². The van der Waals surface area contributed by atoms with Gasteiger partial charge in [0.25, 0.3) is 0 Å². The molecule has 1 aliphatic heterocycles. The van der Waals surface area contributed by atoms with Gasteiger partial charge in [-0.2, -0.15) is 0 Å². The summed E-state index contributed by atoms with van der Waals surface area (Å²) in [5.41, 5.74) is 1.29. The number of benzene rings is 1. The molecule has 0 spiro atoms. The van der Waals surface area contributed by atoms with Crippen molar-refractivity contribution in [3.8, 4) is 0 Å². The van der Waals surface area contributed by atoms with E-state index in [-0.39, 0.29) is 0 Å². The van der Waals surface area contributed by atoms with E-state index in [1.165, 1.54) is 37.9 Å². The molecule has 88 valence electrons. The molecule has 2 nitrogen and oxygen atoms in total. The summed E-state index contributed by atoms with van der Waals surface area (Å²) >= 11 is 0. The molecule has 0 radical (unpaired) electrons. The van der Waals surface area contributed by atoms with Gasteiger partial charge < -0.3 is 0 Å². The predicted octanol–water partition coefficient (Wildman–Crippen LogP) is 2.41. The lowest BCUT2D eigenvalue weighted by Crippen LogP contribution is -2.29. The fraction of sp³-hybridized carbons (Fsp3) is 0.538. The highest BCUT2D eigenvalue weighted by Crippen LogP contribution is 2.15. The van der Waals surface area contributed by atoms with E-state index in [9.17, 15) is 4.21 Å². The fourth-order valence-electron chi connectivity index (χ4n) is 2.20. The number of hydrogen-bond acceptors (Lipinski definition) is 2. The van der Waals surface area contributed by atoms with Crippen LogP contribution in [-0.4, -0.2) is 28.5 Å². The molecule has 1 atom stereocenters. The molecule has 16 heavy (non-hydrogen) atoms. The van der Waals surface area contributed by atoms with Crippen molar-refractivity contribution < 1.29 is 4.21 Å². The molecule has 1 aromatic carbocycles. The zero-order valence-corrected chi connectivity index (χ0v) is 10.6. The number of rotatable bonds is 3. The van der Waals surface area contributed by atoms with Crippen LogP contribution in [0.3, 0.4) is 0 Å². The Kier molecular flexibility index (Phi) is 4.13. The number of piperidine rings is 1. The molecule has 1 heterocycles. The van der Waals surface area contributed by atoms with Gasteiger partial charge in [-0.3, -0.25) is 9.11 Å². The molecule has 3 heteroatoms. The van der Waals surface area contributed by atoms with Crippen LogP contribution in [-0.2, 0) is 17.3 Å². The van der Waals surface area contributed by atoms with Crippen molar-refractivity contribution in [2.45, 2.75) is 30.7 Å². The highest BCUT2D eigenvalue weighted by molar-refractivity contribution is 7.84. The zero-order chi connectivity index (χ0) is 11.4. The van der Waals surface area contributed by atoms with Crippen LogP contribution < -0.4 is 0 Å². The van der Waals surface area contributed by atoms with E-state index >= 15 is 0 Å². The van der Waals surface area contributed by atoms with Crippen LogP contribution in [0, 0.1) is 0 Å². The van der Waals surface area contributed by atoms with Crippen LogP contribution in [0.1, 0.15) is 24.8 Å². The highest BCUT2D eigenvalue weighted by Gasteiger charge is 2.10. The normalized spacial score (nSPS) is 19.6. The van der Waals surface area contributed by atoms with Crippen LogP contribution in [0.15, 0.2) is 29.2 Å². The summed E-state index contributed by atoms with van der Waals surface area (Å²) in [6, 6.07) is 8.15. The summed E-state index contributed by atoms with van der Waals surface area (Å²) in [6.45, 7) is 3.42. The number of likely N-dealkylation sites (tertiary alicyclic amines) is 1. The van der Waals surface area contributed by atoms with Gasteiger partial charge in [-0.05, 0) is 43.6 Å². The molecule has 1 aliphatic rings. The minimum absolute atomic E-state index is 0.864. The minimum atomic E-state index is -0.864. The standard InChI is InChI=1S/C13H19NOS/c1-16(15)13-7-5-6-12(10-13)11-14-8-3-2-4-9-14/h5-7,10H,2-4,8-9,11H2,1H3. The Morgan fingerprint density at radius 2 is 2.00 bits per heavy atom. The summed E-state index contributed by atoms with van der Waals surface area (Å²) in [5, 5.41) is 0. The molecule has 0 saturated carbocycles. The molecule has 0 aromatic heterocycles. The van der Waals surface area contributed by atoms with E-state index in [0.29, 0.717) is 0 Å². The minimum Gasteiger partial charge on any atom is -0.299 e. The van der Waals surface area contributed by atoms with Crippen LogP contribution in [0.25, 0.3) is 0 Å². The van der Waals surface area contributed by atoms with Crippen molar-refractivity contribution >= 4 is 10.8 Å². The third-order valence-corrected chi connectivity index (χ3v) is 4.00. The van der Waals surface area contributed by atoms with Gasteiger partial charge in [-0.1, -0.05) is 18.6 Å². The first-order valence-electron chi connectivity index (χ1n) is 5.90. The number of nitrogens with zero attached hydrogens (tertiary/aromatic N) is 1. The molecule has 0 aliphatic carbocycles. The molecule has 0 N–H and O–H groups in total. The Balaban J connectivity index is 2.02. The van der Waals surface area contributed by atoms with Crippen molar-refractivity contribution in [3.05, 3.63) is 29.8 Å². The maximum atomic E-state index is 11.4. The van der Waals surface area contributed by atoms with E-state index in [0.717, 1.165) is 11.4 Å². The summed E-state index contributed by atoms with van der Waals surface area (Å²) in [7, 11) is -0.864. The first-order valence-corrected chi connectivity index (χ1v) is 7.46. The van der Waals surface area contributed by atoms with Gasteiger partial charge in [-0.25, -0.2) is 0 Å². The van der Waals surface area contributed by atoms with Crippen molar-refractivity contribution in [3.63, 3.8) is 0 Å². The quantitative estimate of drug-likeness (QED) is 0.804. The Hall–Kier alpha value is -0.670. The summed E-state index contributed by atoms with van der Waals surface area (Å²) in [4.78, 5) is 3.43. The molecule has 1 unspecified atom stereocenters. The summed E-state index contributed by atoms with van der Waals surface area (Å²) < 4.78 is 11.4. The lowest BCUT2D eigenvalue weighted by Gasteiger charge is -2.26. The molecule has 1 saturated heterocycles. The van der Waals surface area contributed by atoms with E-state index in [2.05, 4.69) is 17.0 Å². The molecular weight excluding hydrogens is 218 g/mol. The van der Waals surface area contributed by atoms with E-state index in [1.807, 2.05) is 12.1 Å². The third-order valence-electron chi connectivity index (χ3n) is 3.09. The second kappa shape index (κ2) is 5.60. The SMILES string of the molecule is CS(=O)c1cccc(CN2CCCCC2)c1. The highest BCUT2D eigenvalue weighted by atomic mass is 32.2. The topological polar surface area (TPSA) is 20.3 Å². The first-order chi connectivity index (χ1) is 7.75. The largest absolute Gasteiger partial charge is 0.299 e. The van der Waals surface area contributed by atoms with Crippen LogP contribution in [0.2, 0.25) is 0 Å². The average molecular weight is 237 g/mol. The van der Waals surface area contributed by atoms with Crippen LogP contribution >= 0.6 is 0 Å². The van der Waals surface area contributed by atoms with Gasteiger partial charge in [0.15, 0.2) is 0 Å². The zero-order valence-electron chi connectivity index (χ0n) is 9.82. The molecular formula is C13H19NOS. The van der Waals surface area contributed by atoms with Crippen molar-refractivity contribution in [1.29, 1.82) is 0 Å². The van der Waals surface area contributed by atoms with Gasteiger partial charge >= 0.3 is 0 Å². The van der Waals surface area contributed by atoms with Crippen molar-refractivity contribution in [1.82, 2.24) is 4.90 Å². The third kappa shape index (κ3) is 3.16. The Morgan fingerprint density at radius 3 is 2.69 bits per heavy atom. The smallest absolute Gasteiger partial charge is 0.0498 e. The Labute approximate surface area is 100 Å². The maximum Gasteiger partial charge on any atom is 0.0498 e. The Bertz CT molecular complexity index is 372. The van der Waals surface area contributed by atoms with Crippen molar-refractivity contribution in [2.75, 3.05) is 19.3 Å². The van der Waals surface area contributed by atoms with Gasteiger partial charge in [0.2, 0.25) is 0 Å². The van der Waals surface area contributed by atoms with Gasteiger partial charge in [0, 0.05) is 28.5 Å². The fourth-order valence-corrected chi connectivity index (χ4v) is 2.79. The molecule has 0 bridgehead atoms. The van der Waals surface area contributed by atoms with E-state index in [4.69, 9.17) is 0 Å². The second-order valence-electron chi connectivity index (χ2n) is 4.44. The molecule has 2 rings (SSSR count). The average Bonchev–Trinajstić information content (AvgIpc) is 2.30. The van der Waals surface area contributed by atoms with Crippen LogP contribution in [0.4, 0.5) is 0 Å². The second-order valence-corrected chi connectivity index (χ2v) is 5.82. The lowest BCUT2D eigenvalue weighted by atomic mass is 10.1. The van der Waals surface area contributed by atoms with Gasteiger partial charge in [0.1, 0.15) is 0 Å². The maximum absolute atomic E-state index is 11.4. The molecule has 0 amide bonds. The molecule has 1 aromatic rings. The van der Waals surface area contributed by atoms with E-state index in [1.54, 1.807) is 6.26 Å². The van der Waals surface area contributed by atoms with Gasteiger partial charge in [0.05, 0.1) is 0 Å². The predicted molar refractivity (Wildman–Crippen MR) is 67.9 cm³/mol. The lowest BCUT2D eigenvalue weighted by molar-refractivity contribution is 0.221.